The zero-order valence-corrected chi connectivity index (χ0v) is 10.7. The van der Waals surface area contributed by atoms with E-state index in [4.69, 9.17) is 0 Å². The van der Waals surface area contributed by atoms with Crippen molar-refractivity contribution < 1.29 is 0 Å². The number of benzene rings is 1. The zero-order valence-electron chi connectivity index (χ0n) is 9.15. The van der Waals surface area contributed by atoms with Crippen LogP contribution in [0.1, 0.15) is 12.5 Å². The van der Waals surface area contributed by atoms with Crippen molar-refractivity contribution >= 4 is 21.6 Å². The van der Waals surface area contributed by atoms with Crippen LogP contribution in [-0.4, -0.2) is 9.78 Å². The van der Waals surface area contributed by atoms with Gasteiger partial charge in [-0.05, 0) is 18.6 Å². The Labute approximate surface area is 104 Å². The van der Waals surface area contributed by atoms with Gasteiger partial charge in [0.25, 0.3) is 0 Å². The summed E-state index contributed by atoms with van der Waals surface area (Å²) in [6.07, 6.45) is 3.86. The highest BCUT2D eigenvalue weighted by molar-refractivity contribution is 9.10. The van der Waals surface area contributed by atoms with Crippen LogP contribution in [0.5, 0.6) is 0 Å². The molecule has 2 aromatic rings. The van der Waals surface area contributed by atoms with Crippen LogP contribution in [0.25, 0.3) is 0 Å². The summed E-state index contributed by atoms with van der Waals surface area (Å²) in [4.78, 5) is 0. The predicted octanol–water partition coefficient (Wildman–Crippen LogP) is 3.28. The van der Waals surface area contributed by atoms with E-state index in [9.17, 15) is 0 Å². The van der Waals surface area contributed by atoms with Crippen molar-refractivity contribution in [3.8, 4) is 0 Å². The molecule has 0 saturated heterocycles. The summed E-state index contributed by atoms with van der Waals surface area (Å²) in [7, 11) is 0. The Morgan fingerprint density at radius 2 is 2.19 bits per heavy atom. The normalized spacial score (nSPS) is 10.4. The number of aromatic nitrogens is 2. The molecule has 0 amide bonds. The number of halogens is 1. The minimum Gasteiger partial charge on any atom is -0.378 e. The molecule has 1 aromatic heterocycles. The minimum absolute atomic E-state index is 0.802. The van der Waals surface area contributed by atoms with Crippen LogP contribution in [-0.2, 0) is 13.1 Å². The lowest BCUT2D eigenvalue weighted by molar-refractivity contribution is 0.660. The first kappa shape index (κ1) is 11.2. The molecule has 0 unspecified atom stereocenters. The lowest BCUT2D eigenvalue weighted by Gasteiger charge is -2.05. The number of hydrogen-bond donors (Lipinski definition) is 1. The van der Waals surface area contributed by atoms with Crippen molar-refractivity contribution in [2.24, 2.45) is 0 Å². The van der Waals surface area contributed by atoms with E-state index in [1.54, 1.807) is 0 Å². The Bertz CT molecular complexity index is 465. The van der Waals surface area contributed by atoms with Gasteiger partial charge in [-0.3, -0.25) is 4.68 Å². The summed E-state index contributed by atoms with van der Waals surface area (Å²) in [6.45, 7) is 3.78. The maximum Gasteiger partial charge on any atom is 0.0729 e. The highest BCUT2D eigenvalue weighted by Gasteiger charge is 1.99. The number of nitrogens with zero attached hydrogens (tertiary/aromatic N) is 2. The molecule has 0 bridgehead atoms. The second-order valence-corrected chi connectivity index (χ2v) is 4.38. The zero-order chi connectivity index (χ0) is 11.4. The molecule has 16 heavy (non-hydrogen) atoms. The second-order valence-electron chi connectivity index (χ2n) is 3.53. The summed E-state index contributed by atoms with van der Waals surface area (Å²) >= 11 is 3.53. The third-order valence-electron chi connectivity index (χ3n) is 2.40. The number of hydrogen-bond acceptors (Lipinski definition) is 2. The lowest BCUT2D eigenvalue weighted by atomic mass is 10.2. The largest absolute Gasteiger partial charge is 0.378 e. The van der Waals surface area contributed by atoms with E-state index < -0.39 is 0 Å². The first-order valence-electron chi connectivity index (χ1n) is 5.29. The number of rotatable bonds is 4. The summed E-state index contributed by atoms with van der Waals surface area (Å²) in [5, 5.41) is 7.55. The molecule has 0 aliphatic heterocycles. The summed E-state index contributed by atoms with van der Waals surface area (Å²) in [5.74, 6) is 0. The summed E-state index contributed by atoms with van der Waals surface area (Å²) < 4.78 is 3.04. The van der Waals surface area contributed by atoms with E-state index in [1.165, 1.54) is 5.56 Å². The first-order chi connectivity index (χ1) is 7.79. The number of nitrogens with one attached hydrogen (secondary N) is 1. The average Bonchev–Trinajstić information content (AvgIpc) is 2.76. The minimum atomic E-state index is 0.802. The fourth-order valence-corrected chi connectivity index (χ4v) is 1.89. The second kappa shape index (κ2) is 5.16. The van der Waals surface area contributed by atoms with E-state index in [0.717, 1.165) is 23.2 Å². The van der Waals surface area contributed by atoms with Crippen LogP contribution in [0.3, 0.4) is 0 Å². The topological polar surface area (TPSA) is 29.9 Å². The molecule has 0 spiro atoms. The lowest BCUT2D eigenvalue weighted by Crippen LogP contribution is -1.99. The van der Waals surface area contributed by atoms with Gasteiger partial charge in [-0.2, -0.15) is 5.10 Å². The highest BCUT2D eigenvalue weighted by Crippen LogP contribution is 2.17. The molecule has 84 valence electrons. The maximum absolute atomic E-state index is 4.21. The van der Waals surface area contributed by atoms with E-state index in [-0.39, 0.29) is 0 Å². The van der Waals surface area contributed by atoms with Crippen molar-refractivity contribution in [3.63, 3.8) is 0 Å². The molecular formula is C12H14BrN3. The van der Waals surface area contributed by atoms with E-state index in [2.05, 4.69) is 39.3 Å². The summed E-state index contributed by atoms with van der Waals surface area (Å²) in [5.41, 5.74) is 2.30. The molecule has 0 saturated carbocycles. The van der Waals surface area contributed by atoms with Gasteiger partial charge in [0.15, 0.2) is 0 Å². The Morgan fingerprint density at radius 3 is 2.88 bits per heavy atom. The van der Waals surface area contributed by atoms with Crippen molar-refractivity contribution in [1.29, 1.82) is 0 Å². The van der Waals surface area contributed by atoms with Crippen LogP contribution in [0.4, 0.5) is 5.69 Å². The van der Waals surface area contributed by atoms with E-state index >= 15 is 0 Å². The maximum atomic E-state index is 4.21. The van der Waals surface area contributed by atoms with Gasteiger partial charge in [-0.1, -0.05) is 34.1 Å². The Kier molecular flexibility index (Phi) is 3.62. The van der Waals surface area contributed by atoms with Crippen LogP contribution < -0.4 is 5.32 Å². The van der Waals surface area contributed by atoms with Gasteiger partial charge in [-0.25, -0.2) is 0 Å². The van der Waals surface area contributed by atoms with Crippen LogP contribution >= 0.6 is 15.9 Å². The van der Waals surface area contributed by atoms with Gasteiger partial charge < -0.3 is 5.32 Å². The number of aryl methyl sites for hydroxylation is 1. The molecule has 0 aliphatic rings. The molecule has 1 N–H and O–H groups in total. The quantitative estimate of drug-likeness (QED) is 0.931. The van der Waals surface area contributed by atoms with Crippen molar-refractivity contribution in [2.45, 2.75) is 20.0 Å². The number of anilines is 1. The van der Waals surface area contributed by atoms with Gasteiger partial charge in [0.2, 0.25) is 0 Å². The molecule has 1 aromatic carbocycles. The first-order valence-corrected chi connectivity index (χ1v) is 6.08. The molecule has 3 nitrogen and oxygen atoms in total. The molecule has 0 fully saturated rings. The molecule has 0 radical (unpaired) electrons. The third kappa shape index (κ3) is 2.64. The summed E-state index contributed by atoms with van der Waals surface area (Å²) in [6, 6.07) is 8.20. The van der Waals surface area contributed by atoms with E-state index in [1.807, 2.05) is 35.3 Å². The predicted molar refractivity (Wildman–Crippen MR) is 69.4 cm³/mol. The molecule has 4 heteroatoms. The fourth-order valence-electron chi connectivity index (χ4n) is 1.47. The van der Waals surface area contributed by atoms with Crippen molar-refractivity contribution in [2.75, 3.05) is 5.32 Å². The van der Waals surface area contributed by atoms with Gasteiger partial charge in [-0.15, -0.1) is 0 Å². The monoisotopic (exact) mass is 279 g/mol. The van der Waals surface area contributed by atoms with Crippen LogP contribution in [0, 0.1) is 0 Å². The molecule has 2 rings (SSSR count). The molecular weight excluding hydrogens is 266 g/mol. The molecule has 1 heterocycles. The van der Waals surface area contributed by atoms with Crippen LogP contribution in [0.15, 0.2) is 41.1 Å². The SMILES string of the molecule is CCn1cc(NCc2ccccc2Br)cn1. The Morgan fingerprint density at radius 1 is 1.38 bits per heavy atom. The van der Waals surface area contributed by atoms with Gasteiger partial charge >= 0.3 is 0 Å². The highest BCUT2D eigenvalue weighted by atomic mass is 79.9. The Hall–Kier alpha value is -1.29. The standard InChI is InChI=1S/C12H14BrN3/c1-2-16-9-11(8-15-16)14-7-10-5-3-4-6-12(10)13/h3-6,8-9,14H,2,7H2,1H3. The van der Waals surface area contributed by atoms with Crippen molar-refractivity contribution in [1.82, 2.24) is 9.78 Å². The van der Waals surface area contributed by atoms with Crippen LogP contribution in [0.2, 0.25) is 0 Å². The van der Waals surface area contributed by atoms with Crippen molar-refractivity contribution in [3.05, 3.63) is 46.7 Å². The molecule has 0 aliphatic carbocycles. The van der Waals surface area contributed by atoms with E-state index in [0.29, 0.717) is 0 Å². The third-order valence-corrected chi connectivity index (χ3v) is 3.17. The smallest absolute Gasteiger partial charge is 0.0729 e. The Balaban J connectivity index is 1.99. The van der Waals surface area contributed by atoms with Gasteiger partial charge in [0, 0.05) is 23.8 Å². The molecule has 0 atom stereocenters. The van der Waals surface area contributed by atoms with Gasteiger partial charge in [0.1, 0.15) is 0 Å². The van der Waals surface area contributed by atoms with Gasteiger partial charge in [0.05, 0.1) is 11.9 Å². The average molecular weight is 280 g/mol. The fraction of sp³-hybridized carbons (Fsp3) is 0.250.